The molecule has 1 aromatic carbocycles. The molecule has 1 aliphatic carbocycles. The predicted octanol–water partition coefficient (Wildman–Crippen LogP) is 2.34. The van der Waals surface area contributed by atoms with E-state index in [2.05, 4.69) is 25.1 Å². The lowest BCUT2D eigenvalue weighted by Gasteiger charge is -2.22. The lowest BCUT2D eigenvalue weighted by atomic mass is 9.90. The average Bonchev–Trinajstić information content (AvgIpc) is 3.05. The Morgan fingerprint density at radius 1 is 1.33 bits per heavy atom. The van der Waals surface area contributed by atoms with E-state index in [1.807, 2.05) is 4.90 Å². The standard InChI is InChI=1S/C17H24N2O.ClH/c1-17(11-18)7-8-19(12-17)16(20)10-13-5-6-14-3-2-4-15(14)9-13;/h5-6,9H,2-4,7-8,10-12,18H2,1H3;1H. The van der Waals surface area contributed by atoms with E-state index in [9.17, 15) is 4.79 Å². The van der Waals surface area contributed by atoms with Gasteiger partial charge in [0, 0.05) is 13.1 Å². The van der Waals surface area contributed by atoms with Crippen molar-refractivity contribution in [3.63, 3.8) is 0 Å². The van der Waals surface area contributed by atoms with Gasteiger partial charge >= 0.3 is 0 Å². The summed E-state index contributed by atoms with van der Waals surface area (Å²) >= 11 is 0. The van der Waals surface area contributed by atoms with Gasteiger partial charge in [0.05, 0.1) is 6.42 Å². The van der Waals surface area contributed by atoms with Gasteiger partial charge in [-0.3, -0.25) is 4.79 Å². The maximum Gasteiger partial charge on any atom is 0.227 e. The first-order chi connectivity index (χ1) is 9.59. The van der Waals surface area contributed by atoms with Crippen molar-refractivity contribution in [1.29, 1.82) is 0 Å². The third-order valence-electron chi connectivity index (χ3n) is 4.92. The zero-order valence-corrected chi connectivity index (χ0v) is 13.5. The van der Waals surface area contributed by atoms with Crippen LogP contribution in [0.25, 0.3) is 0 Å². The summed E-state index contributed by atoms with van der Waals surface area (Å²) in [5.74, 6) is 0.250. The average molecular weight is 309 g/mol. The monoisotopic (exact) mass is 308 g/mol. The Balaban J connectivity index is 0.00000161. The first-order valence-corrected chi connectivity index (χ1v) is 7.68. The van der Waals surface area contributed by atoms with E-state index in [0.29, 0.717) is 13.0 Å². The second kappa shape index (κ2) is 6.37. The Morgan fingerprint density at radius 3 is 2.81 bits per heavy atom. The molecular formula is C17H25ClN2O. The second-order valence-corrected chi connectivity index (χ2v) is 6.71. The molecule has 3 nitrogen and oxygen atoms in total. The van der Waals surface area contributed by atoms with Gasteiger partial charge in [0.25, 0.3) is 0 Å². The number of hydrogen-bond acceptors (Lipinski definition) is 2. The molecule has 1 amide bonds. The third-order valence-corrected chi connectivity index (χ3v) is 4.92. The van der Waals surface area contributed by atoms with Crippen LogP contribution in [0.1, 0.15) is 36.5 Å². The van der Waals surface area contributed by atoms with Gasteiger partial charge in [-0.1, -0.05) is 25.1 Å². The number of halogens is 1. The molecule has 0 saturated carbocycles. The Morgan fingerprint density at radius 2 is 2.10 bits per heavy atom. The van der Waals surface area contributed by atoms with E-state index < -0.39 is 0 Å². The van der Waals surface area contributed by atoms with Crippen LogP contribution in [0, 0.1) is 5.41 Å². The minimum atomic E-state index is 0. The number of hydrogen-bond donors (Lipinski definition) is 1. The summed E-state index contributed by atoms with van der Waals surface area (Å²) in [5, 5.41) is 0. The van der Waals surface area contributed by atoms with Crippen molar-refractivity contribution in [1.82, 2.24) is 4.90 Å². The van der Waals surface area contributed by atoms with Crippen molar-refractivity contribution in [2.75, 3.05) is 19.6 Å². The van der Waals surface area contributed by atoms with E-state index in [-0.39, 0.29) is 23.7 Å². The molecule has 1 atom stereocenters. The van der Waals surface area contributed by atoms with E-state index in [1.165, 1.54) is 30.4 Å². The second-order valence-electron chi connectivity index (χ2n) is 6.71. The van der Waals surface area contributed by atoms with Crippen LogP contribution in [0.5, 0.6) is 0 Å². The summed E-state index contributed by atoms with van der Waals surface area (Å²) in [6.07, 6.45) is 5.19. The SMILES string of the molecule is CC1(CN)CCN(C(=O)Cc2ccc3c(c2)CCC3)C1.Cl. The Kier molecular flexibility index (Phi) is 4.95. The summed E-state index contributed by atoms with van der Waals surface area (Å²) in [5.41, 5.74) is 10.0. The number of fused-ring (bicyclic) bond motifs is 1. The molecule has 2 N–H and O–H groups in total. The first-order valence-electron chi connectivity index (χ1n) is 7.68. The molecule has 1 aromatic rings. The summed E-state index contributed by atoms with van der Waals surface area (Å²) in [4.78, 5) is 14.4. The Labute approximate surface area is 133 Å². The Hall–Kier alpha value is -1.06. The van der Waals surface area contributed by atoms with Crippen LogP contribution in [0.3, 0.4) is 0 Å². The molecular weight excluding hydrogens is 284 g/mol. The van der Waals surface area contributed by atoms with E-state index in [0.717, 1.165) is 25.1 Å². The molecule has 0 spiro atoms. The van der Waals surface area contributed by atoms with Crippen LogP contribution >= 0.6 is 12.4 Å². The Bertz CT molecular complexity index is 532. The highest BCUT2D eigenvalue weighted by atomic mass is 35.5. The predicted molar refractivity (Wildman–Crippen MR) is 87.8 cm³/mol. The van der Waals surface area contributed by atoms with Gasteiger partial charge < -0.3 is 10.6 Å². The highest BCUT2D eigenvalue weighted by Crippen LogP contribution is 2.29. The van der Waals surface area contributed by atoms with Crippen molar-refractivity contribution in [3.8, 4) is 0 Å². The smallest absolute Gasteiger partial charge is 0.227 e. The fourth-order valence-electron chi connectivity index (χ4n) is 3.42. The van der Waals surface area contributed by atoms with Gasteiger partial charge in [-0.05, 0) is 54.3 Å². The molecule has 1 aliphatic heterocycles. The summed E-state index contributed by atoms with van der Waals surface area (Å²) in [6, 6.07) is 6.57. The molecule has 3 rings (SSSR count). The lowest BCUT2D eigenvalue weighted by Crippen LogP contribution is -2.35. The summed E-state index contributed by atoms with van der Waals surface area (Å²) in [6.45, 7) is 4.51. The maximum atomic E-state index is 12.4. The van der Waals surface area contributed by atoms with Crippen LogP contribution in [0.2, 0.25) is 0 Å². The van der Waals surface area contributed by atoms with Crippen LogP contribution in [0.15, 0.2) is 18.2 Å². The quantitative estimate of drug-likeness (QED) is 0.931. The van der Waals surface area contributed by atoms with Gasteiger partial charge in [-0.25, -0.2) is 0 Å². The molecule has 2 aliphatic rings. The molecule has 21 heavy (non-hydrogen) atoms. The largest absolute Gasteiger partial charge is 0.342 e. The molecule has 1 unspecified atom stereocenters. The van der Waals surface area contributed by atoms with E-state index >= 15 is 0 Å². The zero-order chi connectivity index (χ0) is 14.2. The number of carbonyl (C=O) groups is 1. The van der Waals surface area contributed by atoms with E-state index in [1.54, 1.807) is 0 Å². The fourth-order valence-corrected chi connectivity index (χ4v) is 3.42. The van der Waals surface area contributed by atoms with Gasteiger partial charge in [-0.15, -0.1) is 12.4 Å². The lowest BCUT2D eigenvalue weighted by molar-refractivity contribution is -0.129. The number of nitrogens with two attached hydrogens (primary N) is 1. The van der Waals surface area contributed by atoms with Crippen LogP contribution in [0.4, 0.5) is 0 Å². The number of rotatable bonds is 3. The number of nitrogens with zero attached hydrogens (tertiary/aromatic N) is 1. The number of likely N-dealkylation sites (tertiary alicyclic amines) is 1. The highest BCUT2D eigenvalue weighted by Gasteiger charge is 2.34. The number of carbonyl (C=O) groups excluding carboxylic acids is 1. The van der Waals surface area contributed by atoms with Gasteiger partial charge in [0.1, 0.15) is 0 Å². The molecule has 4 heteroatoms. The highest BCUT2D eigenvalue weighted by molar-refractivity contribution is 5.85. The van der Waals surface area contributed by atoms with E-state index in [4.69, 9.17) is 5.73 Å². The van der Waals surface area contributed by atoms with Crippen molar-refractivity contribution in [2.24, 2.45) is 11.1 Å². The van der Waals surface area contributed by atoms with Gasteiger partial charge in [-0.2, -0.15) is 0 Å². The van der Waals surface area contributed by atoms with Crippen molar-refractivity contribution >= 4 is 18.3 Å². The maximum absolute atomic E-state index is 12.4. The molecule has 1 fully saturated rings. The molecule has 0 aromatic heterocycles. The third kappa shape index (κ3) is 3.41. The van der Waals surface area contributed by atoms with Crippen LogP contribution < -0.4 is 5.73 Å². The van der Waals surface area contributed by atoms with Crippen LogP contribution in [-0.4, -0.2) is 30.4 Å². The normalized spacial score (nSPS) is 23.8. The van der Waals surface area contributed by atoms with Gasteiger partial charge in [0.2, 0.25) is 5.91 Å². The van der Waals surface area contributed by atoms with Gasteiger partial charge in [0.15, 0.2) is 0 Å². The van der Waals surface area contributed by atoms with Crippen LogP contribution in [-0.2, 0) is 24.1 Å². The molecule has 0 radical (unpaired) electrons. The summed E-state index contributed by atoms with van der Waals surface area (Å²) < 4.78 is 0. The van der Waals surface area contributed by atoms with Crippen molar-refractivity contribution < 1.29 is 4.79 Å². The molecule has 1 saturated heterocycles. The van der Waals surface area contributed by atoms with Crippen molar-refractivity contribution in [2.45, 2.75) is 39.0 Å². The number of amides is 1. The molecule has 116 valence electrons. The zero-order valence-electron chi connectivity index (χ0n) is 12.7. The number of benzene rings is 1. The summed E-state index contributed by atoms with van der Waals surface area (Å²) in [7, 11) is 0. The van der Waals surface area contributed by atoms with Crippen molar-refractivity contribution in [3.05, 3.63) is 34.9 Å². The topological polar surface area (TPSA) is 46.3 Å². The fraction of sp³-hybridized carbons (Fsp3) is 0.588. The molecule has 1 heterocycles. The molecule has 0 bridgehead atoms. The first kappa shape index (κ1) is 16.3. The minimum Gasteiger partial charge on any atom is -0.342 e. The minimum absolute atomic E-state index is 0. The number of aryl methyl sites for hydroxylation is 2.